The van der Waals surface area contributed by atoms with Gasteiger partial charge in [0.2, 0.25) is 0 Å². The van der Waals surface area contributed by atoms with Gasteiger partial charge in [-0.05, 0) is 73.3 Å². The number of carbonyl (C=O) groups excluding carboxylic acids is 1. The summed E-state index contributed by atoms with van der Waals surface area (Å²) in [5.74, 6) is 0.837. The van der Waals surface area contributed by atoms with Crippen LogP contribution < -0.4 is 0 Å². The second-order valence-electron chi connectivity index (χ2n) is 8.67. The lowest BCUT2D eigenvalue weighted by Gasteiger charge is -2.28. The van der Waals surface area contributed by atoms with Crippen LogP contribution in [0.5, 0.6) is 0 Å². The van der Waals surface area contributed by atoms with Crippen LogP contribution in [0.2, 0.25) is 0 Å². The second kappa shape index (κ2) is 11.3. The van der Waals surface area contributed by atoms with E-state index in [-0.39, 0.29) is 11.8 Å². The zero-order valence-electron chi connectivity index (χ0n) is 18.5. The lowest BCUT2D eigenvalue weighted by molar-refractivity contribution is 0.0498. The molecule has 2 aromatic carbocycles. The SMILES string of the molecule is CCCCCOC(=O)c1ccc(-c2ccc([C@H]3CC[C@H](CCC)CC3)cc2F)cc1. The molecular weight excluding hydrogens is 375 g/mol. The summed E-state index contributed by atoms with van der Waals surface area (Å²) >= 11 is 0. The Morgan fingerprint density at radius 2 is 1.70 bits per heavy atom. The predicted molar refractivity (Wildman–Crippen MR) is 121 cm³/mol. The van der Waals surface area contributed by atoms with Crippen molar-refractivity contribution < 1.29 is 13.9 Å². The zero-order chi connectivity index (χ0) is 21.3. The first kappa shape index (κ1) is 22.5. The number of rotatable bonds is 9. The Balaban J connectivity index is 1.62. The van der Waals surface area contributed by atoms with Crippen molar-refractivity contribution in [3.63, 3.8) is 0 Å². The van der Waals surface area contributed by atoms with Crippen LogP contribution in [0.4, 0.5) is 4.39 Å². The lowest BCUT2D eigenvalue weighted by Crippen LogP contribution is -2.13. The molecule has 3 rings (SSSR count). The van der Waals surface area contributed by atoms with Crippen LogP contribution in [0, 0.1) is 11.7 Å². The Kier molecular flexibility index (Phi) is 8.48. The van der Waals surface area contributed by atoms with Gasteiger partial charge < -0.3 is 4.74 Å². The summed E-state index contributed by atoms with van der Waals surface area (Å²) in [6.07, 6.45) is 10.5. The van der Waals surface area contributed by atoms with Crippen molar-refractivity contribution in [3.05, 3.63) is 59.4 Å². The molecule has 0 atom stereocenters. The highest BCUT2D eigenvalue weighted by atomic mass is 19.1. The molecule has 1 saturated carbocycles. The fourth-order valence-corrected chi connectivity index (χ4v) is 4.60. The summed E-state index contributed by atoms with van der Waals surface area (Å²) in [4.78, 5) is 12.1. The van der Waals surface area contributed by atoms with Crippen LogP contribution in [0.15, 0.2) is 42.5 Å². The smallest absolute Gasteiger partial charge is 0.338 e. The number of benzene rings is 2. The summed E-state index contributed by atoms with van der Waals surface area (Å²) in [6.45, 7) is 4.82. The van der Waals surface area contributed by atoms with Crippen LogP contribution in [-0.4, -0.2) is 12.6 Å². The van der Waals surface area contributed by atoms with Gasteiger partial charge in [-0.15, -0.1) is 0 Å². The monoisotopic (exact) mass is 410 g/mol. The predicted octanol–water partition coefficient (Wildman–Crippen LogP) is 7.91. The minimum Gasteiger partial charge on any atom is -0.462 e. The molecule has 0 heterocycles. The molecule has 1 fully saturated rings. The van der Waals surface area contributed by atoms with Gasteiger partial charge in [0.1, 0.15) is 5.82 Å². The Morgan fingerprint density at radius 3 is 2.33 bits per heavy atom. The van der Waals surface area contributed by atoms with Crippen molar-refractivity contribution in [2.24, 2.45) is 5.92 Å². The van der Waals surface area contributed by atoms with Gasteiger partial charge in [0.05, 0.1) is 12.2 Å². The maximum Gasteiger partial charge on any atom is 0.338 e. The number of hydrogen-bond donors (Lipinski definition) is 0. The summed E-state index contributed by atoms with van der Waals surface area (Å²) in [5, 5.41) is 0. The minimum absolute atomic E-state index is 0.182. The van der Waals surface area contributed by atoms with Crippen LogP contribution >= 0.6 is 0 Å². The second-order valence-corrected chi connectivity index (χ2v) is 8.67. The number of halogens is 1. The van der Waals surface area contributed by atoms with E-state index in [0.29, 0.717) is 23.7 Å². The molecule has 1 aliphatic rings. The Hall–Kier alpha value is -2.16. The Morgan fingerprint density at radius 1 is 0.967 bits per heavy atom. The third kappa shape index (κ3) is 5.93. The molecule has 1 aliphatic carbocycles. The van der Waals surface area contributed by atoms with E-state index in [4.69, 9.17) is 4.74 Å². The minimum atomic E-state index is -0.313. The molecule has 0 unspecified atom stereocenters. The van der Waals surface area contributed by atoms with Crippen LogP contribution in [-0.2, 0) is 4.74 Å². The average Bonchev–Trinajstić information content (AvgIpc) is 2.77. The van der Waals surface area contributed by atoms with E-state index in [1.54, 1.807) is 30.3 Å². The third-order valence-electron chi connectivity index (χ3n) is 6.42. The van der Waals surface area contributed by atoms with E-state index < -0.39 is 0 Å². The van der Waals surface area contributed by atoms with E-state index in [0.717, 1.165) is 36.3 Å². The number of unbranched alkanes of at least 4 members (excludes halogenated alkanes) is 2. The van der Waals surface area contributed by atoms with Crippen LogP contribution in [0.25, 0.3) is 11.1 Å². The molecule has 0 saturated heterocycles. The number of esters is 1. The van der Waals surface area contributed by atoms with Crippen molar-refractivity contribution in [2.45, 2.75) is 77.6 Å². The van der Waals surface area contributed by atoms with E-state index in [2.05, 4.69) is 19.9 Å². The van der Waals surface area contributed by atoms with E-state index in [9.17, 15) is 9.18 Å². The molecule has 0 radical (unpaired) electrons. The van der Waals surface area contributed by atoms with Gasteiger partial charge in [-0.3, -0.25) is 0 Å². The van der Waals surface area contributed by atoms with Gasteiger partial charge in [-0.2, -0.15) is 0 Å². The standard InChI is InChI=1S/C27H35FO2/c1-3-5-6-18-30-27(29)23-14-12-22(13-15-23)25-17-16-24(19-26(25)28)21-10-8-20(7-4-2)9-11-21/h12-17,19-21H,3-11,18H2,1-2H3/t20-,21-. The summed E-state index contributed by atoms with van der Waals surface area (Å²) < 4.78 is 20.2. The fraction of sp³-hybridized carbons (Fsp3) is 0.519. The lowest BCUT2D eigenvalue weighted by atomic mass is 9.77. The molecule has 0 bridgehead atoms. The number of hydrogen-bond acceptors (Lipinski definition) is 2. The quantitative estimate of drug-likeness (QED) is 0.310. The van der Waals surface area contributed by atoms with Crippen LogP contribution in [0.1, 0.15) is 93.5 Å². The van der Waals surface area contributed by atoms with Gasteiger partial charge >= 0.3 is 5.97 Å². The summed E-state index contributed by atoms with van der Waals surface area (Å²) in [5.41, 5.74) is 3.00. The number of ether oxygens (including phenoxy) is 1. The molecule has 3 heteroatoms. The molecule has 0 N–H and O–H groups in total. The molecule has 0 aliphatic heterocycles. The van der Waals surface area contributed by atoms with Gasteiger partial charge in [0, 0.05) is 5.56 Å². The topological polar surface area (TPSA) is 26.3 Å². The number of carbonyl (C=O) groups is 1. The average molecular weight is 411 g/mol. The first-order chi connectivity index (χ1) is 14.6. The molecule has 162 valence electrons. The molecule has 2 nitrogen and oxygen atoms in total. The summed E-state index contributed by atoms with van der Waals surface area (Å²) in [7, 11) is 0. The zero-order valence-corrected chi connectivity index (χ0v) is 18.5. The third-order valence-corrected chi connectivity index (χ3v) is 6.42. The maximum absolute atomic E-state index is 14.9. The molecule has 0 spiro atoms. The van der Waals surface area contributed by atoms with Crippen molar-refractivity contribution in [1.82, 2.24) is 0 Å². The Bertz CT molecular complexity index is 804. The largest absolute Gasteiger partial charge is 0.462 e. The highest BCUT2D eigenvalue weighted by Crippen LogP contribution is 2.38. The van der Waals surface area contributed by atoms with Crippen molar-refractivity contribution in [3.8, 4) is 11.1 Å². The first-order valence-corrected chi connectivity index (χ1v) is 11.7. The highest BCUT2D eigenvalue weighted by molar-refractivity contribution is 5.90. The van der Waals surface area contributed by atoms with Crippen molar-refractivity contribution in [1.29, 1.82) is 0 Å². The van der Waals surface area contributed by atoms with Gasteiger partial charge in [-0.1, -0.05) is 63.8 Å². The van der Waals surface area contributed by atoms with Gasteiger partial charge in [-0.25, -0.2) is 9.18 Å². The normalized spacial score (nSPS) is 18.9. The van der Waals surface area contributed by atoms with Gasteiger partial charge in [0.25, 0.3) is 0 Å². The highest BCUT2D eigenvalue weighted by Gasteiger charge is 2.22. The maximum atomic E-state index is 14.9. The van der Waals surface area contributed by atoms with E-state index in [1.165, 1.54) is 38.5 Å². The van der Waals surface area contributed by atoms with Crippen molar-refractivity contribution >= 4 is 5.97 Å². The van der Waals surface area contributed by atoms with E-state index in [1.807, 2.05) is 6.07 Å². The first-order valence-electron chi connectivity index (χ1n) is 11.7. The molecule has 0 aromatic heterocycles. The van der Waals surface area contributed by atoms with Crippen LogP contribution in [0.3, 0.4) is 0 Å². The molecule has 30 heavy (non-hydrogen) atoms. The fourth-order valence-electron chi connectivity index (χ4n) is 4.60. The van der Waals surface area contributed by atoms with E-state index >= 15 is 0 Å². The Labute approximate surface area is 180 Å². The molecular formula is C27H35FO2. The van der Waals surface area contributed by atoms with Crippen molar-refractivity contribution in [2.75, 3.05) is 6.61 Å². The van der Waals surface area contributed by atoms with Gasteiger partial charge in [0.15, 0.2) is 0 Å². The molecule has 0 amide bonds. The molecule has 2 aromatic rings. The summed E-state index contributed by atoms with van der Waals surface area (Å²) in [6, 6.07) is 12.7.